The van der Waals surface area contributed by atoms with Gasteiger partial charge in [-0.15, -0.1) is 0 Å². The Morgan fingerprint density at radius 2 is 2.00 bits per heavy atom. The molecule has 0 aromatic rings. The van der Waals surface area contributed by atoms with Crippen molar-refractivity contribution in [2.45, 2.75) is 25.3 Å². The second kappa shape index (κ2) is 9.15. The van der Waals surface area contributed by atoms with Gasteiger partial charge in [-0.25, -0.2) is 9.59 Å². The van der Waals surface area contributed by atoms with Gasteiger partial charge in [-0.05, 0) is 26.4 Å². The Kier molecular flexibility index (Phi) is 8.27. The minimum absolute atomic E-state index is 0.0131. The first-order chi connectivity index (χ1) is 8.88. The van der Waals surface area contributed by atoms with E-state index in [4.69, 9.17) is 10.8 Å². The fourth-order valence-corrected chi connectivity index (χ4v) is 1.40. The molecule has 1 atom stereocenters. The molecule has 0 radical (unpaired) electrons. The summed E-state index contributed by atoms with van der Waals surface area (Å²) in [6.45, 7) is 1.27. The van der Waals surface area contributed by atoms with Crippen LogP contribution in [0.25, 0.3) is 0 Å². The van der Waals surface area contributed by atoms with E-state index in [-0.39, 0.29) is 12.8 Å². The molecular weight excluding hydrogens is 252 g/mol. The summed E-state index contributed by atoms with van der Waals surface area (Å²) in [7, 11) is 3.39. The fourth-order valence-electron chi connectivity index (χ4n) is 1.40. The summed E-state index contributed by atoms with van der Waals surface area (Å²) >= 11 is 0. The number of rotatable bonds is 9. The number of nitrogens with two attached hydrogens (primary N) is 1. The van der Waals surface area contributed by atoms with Crippen LogP contribution in [0, 0.1) is 0 Å². The standard InChI is InChI=1S/C11H22N4O4/c1-13-6-3-7-15(2)11(19)14-8(10(17)18)4-5-9(12)16/h8,13H,3-7H2,1-2H3,(H2,12,16)(H,14,19)(H,17,18)/t8-/m1/s1. The summed E-state index contributed by atoms with van der Waals surface area (Å²) in [5.74, 6) is -1.78. The van der Waals surface area contributed by atoms with E-state index in [1.54, 1.807) is 7.05 Å². The molecule has 0 saturated carbocycles. The number of hydrogen-bond acceptors (Lipinski definition) is 4. The summed E-state index contributed by atoms with van der Waals surface area (Å²) in [6.07, 6.45) is 0.668. The zero-order valence-corrected chi connectivity index (χ0v) is 11.3. The van der Waals surface area contributed by atoms with Crippen LogP contribution in [0.1, 0.15) is 19.3 Å². The van der Waals surface area contributed by atoms with Gasteiger partial charge in [0, 0.05) is 20.0 Å². The monoisotopic (exact) mass is 274 g/mol. The van der Waals surface area contributed by atoms with E-state index in [9.17, 15) is 14.4 Å². The average molecular weight is 274 g/mol. The van der Waals surface area contributed by atoms with Crippen molar-refractivity contribution in [3.05, 3.63) is 0 Å². The fraction of sp³-hybridized carbons (Fsp3) is 0.727. The first-order valence-electron chi connectivity index (χ1n) is 6.05. The molecule has 0 unspecified atom stereocenters. The van der Waals surface area contributed by atoms with Gasteiger partial charge in [0.25, 0.3) is 0 Å². The lowest BCUT2D eigenvalue weighted by molar-refractivity contribution is -0.139. The molecule has 110 valence electrons. The quantitative estimate of drug-likeness (QED) is 0.399. The van der Waals surface area contributed by atoms with Crippen molar-refractivity contribution in [3.8, 4) is 0 Å². The third-order valence-corrected chi connectivity index (χ3v) is 2.54. The smallest absolute Gasteiger partial charge is 0.326 e. The maximum atomic E-state index is 11.7. The molecule has 0 aliphatic carbocycles. The lowest BCUT2D eigenvalue weighted by Gasteiger charge is -2.21. The van der Waals surface area contributed by atoms with Gasteiger partial charge in [0.1, 0.15) is 6.04 Å². The van der Waals surface area contributed by atoms with Crippen LogP contribution in [0.5, 0.6) is 0 Å². The van der Waals surface area contributed by atoms with E-state index in [0.29, 0.717) is 6.54 Å². The zero-order valence-electron chi connectivity index (χ0n) is 11.3. The number of amides is 3. The Hall–Kier alpha value is -1.83. The molecule has 8 nitrogen and oxygen atoms in total. The van der Waals surface area contributed by atoms with Crippen molar-refractivity contribution in [2.75, 3.05) is 27.2 Å². The Morgan fingerprint density at radius 3 is 2.47 bits per heavy atom. The second-order valence-corrected chi connectivity index (χ2v) is 4.22. The van der Waals surface area contributed by atoms with Gasteiger partial charge in [-0.3, -0.25) is 4.79 Å². The summed E-state index contributed by atoms with van der Waals surface area (Å²) in [4.78, 5) is 34.7. The number of aliphatic carboxylic acids is 1. The van der Waals surface area contributed by atoms with E-state index in [1.165, 1.54) is 4.90 Å². The van der Waals surface area contributed by atoms with E-state index in [0.717, 1.165) is 13.0 Å². The number of carbonyl (C=O) groups is 3. The predicted octanol–water partition coefficient (Wildman–Crippen LogP) is -1.04. The second-order valence-electron chi connectivity index (χ2n) is 4.22. The molecule has 0 spiro atoms. The van der Waals surface area contributed by atoms with Crippen LogP contribution in [0.15, 0.2) is 0 Å². The highest BCUT2D eigenvalue weighted by Crippen LogP contribution is 1.99. The number of urea groups is 1. The summed E-state index contributed by atoms with van der Waals surface area (Å²) in [5.41, 5.74) is 4.95. The molecule has 3 amide bonds. The maximum absolute atomic E-state index is 11.7. The van der Waals surface area contributed by atoms with Crippen LogP contribution >= 0.6 is 0 Å². The van der Waals surface area contributed by atoms with Crippen molar-refractivity contribution in [3.63, 3.8) is 0 Å². The van der Waals surface area contributed by atoms with Crippen LogP contribution < -0.4 is 16.4 Å². The first-order valence-corrected chi connectivity index (χ1v) is 6.05. The van der Waals surface area contributed by atoms with Gasteiger partial charge >= 0.3 is 12.0 Å². The molecule has 0 fully saturated rings. The summed E-state index contributed by atoms with van der Waals surface area (Å²) < 4.78 is 0. The Morgan fingerprint density at radius 1 is 1.37 bits per heavy atom. The predicted molar refractivity (Wildman–Crippen MR) is 69.6 cm³/mol. The van der Waals surface area contributed by atoms with Crippen LogP contribution in [0.2, 0.25) is 0 Å². The summed E-state index contributed by atoms with van der Waals surface area (Å²) in [5, 5.41) is 14.2. The number of carboxylic acid groups (broad SMARTS) is 1. The van der Waals surface area contributed by atoms with Crippen molar-refractivity contribution in [2.24, 2.45) is 5.73 Å². The molecular formula is C11H22N4O4. The highest BCUT2D eigenvalue weighted by atomic mass is 16.4. The molecule has 5 N–H and O–H groups in total. The highest BCUT2D eigenvalue weighted by Gasteiger charge is 2.21. The molecule has 19 heavy (non-hydrogen) atoms. The lowest BCUT2D eigenvalue weighted by Crippen LogP contribution is -2.47. The van der Waals surface area contributed by atoms with Crippen LogP contribution in [0.3, 0.4) is 0 Å². The molecule has 0 rings (SSSR count). The summed E-state index contributed by atoms with van der Waals surface area (Å²) in [6, 6.07) is -1.58. The van der Waals surface area contributed by atoms with E-state index in [2.05, 4.69) is 10.6 Å². The lowest BCUT2D eigenvalue weighted by atomic mass is 10.1. The number of nitrogens with one attached hydrogen (secondary N) is 2. The van der Waals surface area contributed by atoms with Crippen molar-refractivity contribution < 1.29 is 19.5 Å². The molecule has 8 heteroatoms. The van der Waals surface area contributed by atoms with Gasteiger partial charge in [0.05, 0.1) is 0 Å². The minimum atomic E-state index is -1.18. The zero-order chi connectivity index (χ0) is 14.8. The number of hydrogen-bond donors (Lipinski definition) is 4. The van der Waals surface area contributed by atoms with E-state index >= 15 is 0 Å². The maximum Gasteiger partial charge on any atom is 0.326 e. The topological polar surface area (TPSA) is 125 Å². The van der Waals surface area contributed by atoms with E-state index < -0.39 is 23.9 Å². The van der Waals surface area contributed by atoms with Gasteiger partial charge in [0.2, 0.25) is 5.91 Å². The van der Waals surface area contributed by atoms with Gasteiger partial charge in [-0.2, -0.15) is 0 Å². The van der Waals surface area contributed by atoms with Crippen LogP contribution in [0.4, 0.5) is 4.79 Å². The molecule has 0 aliphatic heterocycles. The van der Waals surface area contributed by atoms with Gasteiger partial charge in [-0.1, -0.05) is 0 Å². The molecule has 0 bridgehead atoms. The SMILES string of the molecule is CNCCCN(C)C(=O)N[C@H](CCC(N)=O)C(=O)O. The first kappa shape index (κ1) is 17.2. The molecule has 0 heterocycles. The number of carbonyl (C=O) groups excluding carboxylic acids is 2. The Bertz CT molecular complexity index is 322. The van der Waals surface area contributed by atoms with Gasteiger partial charge < -0.3 is 26.4 Å². The third-order valence-electron chi connectivity index (χ3n) is 2.54. The number of primary amides is 1. The third kappa shape index (κ3) is 7.98. The normalized spacial score (nSPS) is 11.7. The Labute approximate surface area is 112 Å². The number of nitrogens with zero attached hydrogens (tertiary/aromatic N) is 1. The van der Waals surface area contributed by atoms with Gasteiger partial charge in [0.15, 0.2) is 0 Å². The van der Waals surface area contributed by atoms with E-state index in [1.807, 2.05) is 7.05 Å². The number of carboxylic acids is 1. The van der Waals surface area contributed by atoms with Crippen molar-refractivity contribution >= 4 is 17.9 Å². The van der Waals surface area contributed by atoms with Crippen molar-refractivity contribution in [1.82, 2.24) is 15.5 Å². The molecule has 0 aromatic heterocycles. The molecule has 0 saturated heterocycles. The van der Waals surface area contributed by atoms with Crippen molar-refractivity contribution in [1.29, 1.82) is 0 Å². The largest absolute Gasteiger partial charge is 0.480 e. The minimum Gasteiger partial charge on any atom is -0.480 e. The molecule has 0 aromatic carbocycles. The Balaban J connectivity index is 4.22. The highest BCUT2D eigenvalue weighted by molar-refractivity contribution is 5.83. The van der Waals surface area contributed by atoms with Crippen LogP contribution in [-0.2, 0) is 9.59 Å². The average Bonchev–Trinajstić information content (AvgIpc) is 2.33. The van der Waals surface area contributed by atoms with Crippen LogP contribution in [-0.4, -0.2) is 61.1 Å². The molecule has 0 aliphatic rings.